The van der Waals surface area contributed by atoms with E-state index in [2.05, 4.69) is 24.1 Å². The summed E-state index contributed by atoms with van der Waals surface area (Å²) in [6, 6.07) is 5.99. The van der Waals surface area contributed by atoms with Crippen LogP contribution in [0, 0.1) is 5.41 Å². The number of carbonyl (C=O) groups excluding carboxylic acids is 1. The van der Waals surface area contributed by atoms with E-state index in [1.54, 1.807) is 12.1 Å². The van der Waals surface area contributed by atoms with Gasteiger partial charge in [-0.05, 0) is 50.7 Å². The van der Waals surface area contributed by atoms with Gasteiger partial charge in [-0.25, -0.2) is 8.42 Å². The van der Waals surface area contributed by atoms with E-state index in [1.807, 2.05) is 21.0 Å². The summed E-state index contributed by atoms with van der Waals surface area (Å²) >= 11 is 0. The van der Waals surface area contributed by atoms with Crippen LogP contribution in [0.15, 0.2) is 29.2 Å². The van der Waals surface area contributed by atoms with E-state index in [0.717, 1.165) is 6.54 Å². The fourth-order valence-corrected chi connectivity index (χ4v) is 3.72. The average Bonchev–Trinajstić information content (AvgIpc) is 2.51. The van der Waals surface area contributed by atoms with Crippen LogP contribution in [0.1, 0.15) is 31.1 Å². The van der Waals surface area contributed by atoms with Gasteiger partial charge in [-0.2, -0.15) is 0 Å². The Bertz CT molecular complexity index is 667. The molecule has 0 spiro atoms. The maximum atomic E-state index is 12.4. The maximum Gasteiger partial charge on any atom is 0.251 e. The lowest BCUT2D eigenvalue weighted by atomic mass is 9.84. The SMILES string of the molecule is COCCS(=O)(=O)c1ccc(C(=O)N[C@@H](C)C(C)(C)CN(C)C)cc1. The van der Waals surface area contributed by atoms with Crippen LogP contribution in [0.2, 0.25) is 0 Å². The molecular weight excluding hydrogens is 340 g/mol. The van der Waals surface area contributed by atoms with Crippen LogP contribution in [-0.4, -0.2) is 65.4 Å². The van der Waals surface area contributed by atoms with Crippen LogP contribution in [0.4, 0.5) is 0 Å². The molecule has 0 bridgehead atoms. The van der Waals surface area contributed by atoms with Crippen LogP contribution in [-0.2, 0) is 14.6 Å². The first kappa shape index (κ1) is 21.6. The average molecular weight is 371 g/mol. The summed E-state index contributed by atoms with van der Waals surface area (Å²) in [5.74, 6) is -0.287. The van der Waals surface area contributed by atoms with Gasteiger partial charge < -0.3 is 15.0 Å². The van der Waals surface area contributed by atoms with Crippen molar-refractivity contribution in [2.45, 2.75) is 31.7 Å². The largest absolute Gasteiger partial charge is 0.384 e. The molecule has 0 saturated heterocycles. The van der Waals surface area contributed by atoms with E-state index in [1.165, 1.54) is 19.2 Å². The van der Waals surface area contributed by atoms with Crippen molar-refractivity contribution in [2.24, 2.45) is 5.41 Å². The van der Waals surface area contributed by atoms with Gasteiger partial charge in [0.25, 0.3) is 5.91 Å². The van der Waals surface area contributed by atoms with E-state index in [0.29, 0.717) is 5.56 Å². The normalized spacial score (nSPS) is 13.7. The summed E-state index contributed by atoms with van der Waals surface area (Å²) in [4.78, 5) is 14.7. The highest BCUT2D eigenvalue weighted by molar-refractivity contribution is 7.91. The van der Waals surface area contributed by atoms with Crippen molar-refractivity contribution in [3.8, 4) is 0 Å². The molecule has 0 aliphatic carbocycles. The molecule has 0 radical (unpaired) electrons. The second kappa shape index (κ2) is 8.78. The maximum absolute atomic E-state index is 12.4. The van der Waals surface area contributed by atoms with Gasteiger partial charge >= 0.3 is 0 Å². The minimum atomic E-state index is -3.39. The van der Waals surface area contributed by atoms with Crippen molar-refractivity contribution in [3.05, 3.63) is 29.8 Å². The fraction of sp³-hybridized carbons (Fsp3) is 0.611. The molecule has 0 aliphatic rings. The Kier molecular flexibility index (Phi) is 7.59. The van der Waals surface area contributed by atoms with Crippen molar-refractivity contribution >= 4 is 15.7 Å². The molecule has 6 nitrogen and oxygen atoms in total. The molecule has 1 aromatic carbocycles. The van der Waals surface area contributed by atoms with Gasteiger partial charge in [0.1, 0.15) is 0 Å². The van der Waals surface area contributed by atoms with Crippen molar-refractivity contribution in [1.82, 2.24) is 10.2 Å². The number of methoxy groups -OCH3 is 1. The molecule has 1 rings (SSSR count). The van der Waals surface area contributed by atoms with E-state index < -0.39 is 9.84 Å². The molecule has 0 aliphatic heterocycles. The van der Waals surface area contributed by atoms with Crippen LogP contribution in [0.5, 0.6) is 0 Å². The van der Waals surface area contributed by atoms with Crippen LogP contribution < -0.4 is 5.32 Å². The van der Waals surface area contributed by atoms with Crippen LogP contribution in [0.25, 0.3) is 0 Å². The van der Waals surface area contributed by atoms with E-state index >= 15 is 0 Å². The molecule has 1 aromatic rings. The number of amides is 1. The van der Waals surface area contributed by atoms with Crippen LogP contribution in [0.3, 0.4) is 0 Å². The summed E-state index contributed by atoms with van der Waals surface area (Å²) in [5, 5.41) is 3.00. The smallest absolute Gasteiger partial charge is 0.251 e. The van der Waals surface area contributed by atoms with E-state index in [4.69, 9.17) is 4.74 Å². The number of benzene rings is 1. The number of nitrogens with zero attached hydrogens (tertiary/aromatic N) is 1. The van der Waals surface area contributed by atoms with Gasteiger partial charge in [0.05, 0.1) is 17.3 Å². The number of nitrogens with one attached hydrogen (secondary N) is 1. The van der Waals surface area contributed by atoms with Gasteiger partial charge in [-0.3, -0.25) is 4.79 Å². The molecule has 1 N–H and O–H groups in total. The highest BCUT2D eigenvalue weighted by Crippen LogP contribution is 2.21. The molecule has 7 heteroatoms. The summed E-state index contributed by atoms with van der Waals surface area (Å²) in [7, 11) is 2.07. The van der Waals surface area contributed by atoms with E-state index in [9.17, 15) is 13.2 Å². The van der Waals surface area contributed by atoms with Gasteiger partial charge in [-0.1, -0.05) is 13.8 Å². The molecule has 1 atom stereocenters. The summed E-state index contributed by atoms with van der Waals surface area (Å²) in [6.07, 6.45) is 0. The zero-order valence-corrected chi connectivity index (χ0v) is 16.8. The minimum absolute atomic E-state index is 0.0347. The molecule has 142 valence electrons. The Morgan fingerprint density at radius 3 is 2.28 bits per heavy atom. The lowest BCUT2D eigenvalue weighted by Crippen LogP contribution is -2.47. The molecule has 0 fully saturated rings. The molecule has 0 aromatic heterocycles. The highest BCUT2D eigenvalue weighted by Gasteiger charge is 2.28. The Balaban J connectivity index is 2.81. The topological polar surface area (TPSA) is 75.7 Å². The Morgan fingerprint density at radius 1 is 1.24 bits per heavy atom. The number of hydrogen-bond acceptors (Lipinski definition) is 5. The van der Waals surface area contributed by atoms with Gasteiger partial charge in [-0.15, -0.1) is 0 Å². The second-order valence-corrected chi connectivity index (χ2v) is 9.37. The lowest BCUT2D eigenvalue weighted by molar-refractivity contribution is 0.0885. The van der Waals surface area contributed by atoms with Gasteiger partial charge in [0.15, 0.2) is 9.84 Å². The molecule has 0 saturated carbocycles. The lowest BCUT2D eigenvalue weighted by Gasteiger charge is -2.34. The molecule has 0 unspecified atom stereocenters. The predicted octanol–water partition coefficient (Wildman–Crippen LogP) is 1.81. The van der Waals surface area contributed by atoms with Gasteiger partial charge in [0, 0.05) is 25.3 Å². The van der Waals surface area contributed by atoms with Crippen LogP contribution >= 0.6 is 0 Å². The predicted molar refractivity (Wildman–Crippen MR) is 99.6 cm³/mol. The Labute approximate surface area is 151 Å². The Hall–Kier alpha value is -1.44. The molecule has 25 heavy (non-hydrogen) atoms. The third-order valence-electron chi connectivity index (χ3n) is 4.28. The van der Waals surface area contributed by atoms with Crippen molar-refractivity contribution < 1.29 is 17.9 Å². The molecular formula is C18H30N2O4S. The number of hydrogen-bond donors (Lipinski definition) is 1. The second-order valence-electron chi connectivity index (χ2n) is 7.26. The number of sulfone groups is 1. The summed E-state index contributed by atoms with van der Waals surface area (Å²) in [5.41, 5.74) is 0.348. The standard InChI is InChI=1S/C18H30N2O4S/c1-14(18(2,3)13-20(4)5)19-17(21)15-7-9-16(10-8-15)25(22,23)12-11-24-6/h7-10,14H,11-13H2,1-6H3,(H,19,21)/t14-/m0/s1. The highest BCUT2D eigenvalue weighted by atomic mass is 32.2. The molecule has 0 heterocycles. The first-order valence-electron chi connectivity index (χ1n) is 8.27. The first-order valence-corrected chi connectivity index (χ1v) is 9.92. The van der Waals surface area contributed by atoms with Gasteiger partial charge in [0.2, 0.25) is 0 Å². The summed E-state index contributed by atoms with van der Waals surface area (Å²) < 4.78 is 29.0. The van der Waals surface area contributed by atoms with E-state index in [-0.39, 0.29) is 34.6 Å². The molecule has 1 amide bonds. The monoisotopic (exact) mass is 370 g/mol. The number of carbonyl (C=O) groups is 1. The third kappa shape index (κ3) is 6.41. The minimum Gasteiger partial charge on any atom is -0.384 e. The Morgan fingerprint density at radius 2 is 1.80 bits per heavy atom. The van der Waals surface area contributed by atoms with Crippen molar-refractivity contribution in [3.63, 3.8) is 0 Å². The zero-order chi connectivity index (χ0) is 19.3. The summed E-state index contributed by atoms with van der Waals surface area (Å²) in [6.45, 7) is 7.16. The van der Waals surface area contributed by atoms with Crippen molar-refractivity contribution in [2.75, 3.05) is 40.1 Å². The quantitative estimate of drug-likeness (QED) is 0.717. The fourth-order valence-electron chi connectivity index (χ4n) is 2.55. The van der Waals surface area contributed by atoms with Crippen molar-refractivity contribution in [1.29, 1.82) is 0 Å². The zero-order valence-electron chi connectivity index (χ0n) is 16.0. The number of ether oxygens (including phenoxy) is 1. The number of rotatable bonds is 9. The third-order valence-corrected chi connectivity index (χ3v) is 5.97. The first-order chi connectivity index (χ1) is 11.5.